The van der Waals surface area contributed by atoms with E-state index in [0.29, 0.717) is 13.1 Å². The first-order valence-corrected chi connectivity index (χ1v) is 6.60. The minimum absolute atomic E-state index is 0.0681. The average molecular weight is 256 g/mol. The van der Waals surface area contributed by atoms with Crippen LogP contribution >= 0.6 is 0 Å². The van der Waals surface area contributed by atoms with Gasteiger partial charge in [0, 0.05) is 25.2 Å². The number of amides is 1. The van der Waals surface area contributed by atoms with E-state index in [2.05, 4.69) is 24.5 Å². The van der Waals surface area contributed by atoms with Gasteiger partial charge >= 0.3 is 0 Å². The van der Waals surface area contributed by atoms with Gasteiger partial charge in [0.05, 0.1) is 0 Å². The Bertz CT molecular complexity index is 484. The molecule has 0 spiro atoms. The molecule has 0 unspecified atom stereocenters. The van der Waals surface area contributed by atoms with Crippen LogP contribution in [0.4, 0.5) is 0 Å². The predicted octanol–water partition coefficient (Wildman–Crippen LogP) is 2.15. The van der Waals surface area contributed by atoms with Crippen LogP contribution in [0.5, 0.6) is 0 Å². The van der Waals surface area contributed by atoms with E-state index < -0.39 is 0 Å². The Labute approximate surface area is 114 Å². The van der Waals surface area contributed by atoms with Crippen LogP contribution in [0.25, 0.3) is 0 Å². The molecule has 1 heterocycles. The second kappa shape index (κ2) is 6.34. The molecule has 0 aromatic heterocycles. The molecule has 0 fully saturated rings. The zero-order valence-corrected chi connectivity index (χ0v) is 11.2. The van der Waals surface area contributed by atoms with Gasteiger partial charge in [-0.15, -0.1) is 13.2 Å². The van der Waals surface area contributed by atoms with E-state index in [1.54, 1.807) is 17.1 Å². The van der Waals surface area contributed by atoms with E-state index in [9.17, 15) is 4.79 Å². The van der Waals surface area contributed by atoms with Gasteiger partial charge in [0.15, 0.2) is 0 Å². The van der Waals surface area contributed by atoms with Crippen LogP contribution in [0, 0.1) is 0 Å². The Morgan fingerprint density at radius 2 is 2.05 bits per heavy atom. The summed E-state index contributed by atoms with van der Waals surface area (Å²) < 4.78 is 0. The number of hydrogen-bond donors (Lipinski definition) is 1. The van der Waals surface area contributed by atoms with E-state index in [1.165, 1.54) is 11.1 Å². The van der Waals surface area contributed by atoms with Gasteiger partial charge in [-0.2, -0.15) is 0 Å². The fraction of sp³-hybridized carbons (Fsp3) is 0.312. The molecule has 0 atom stereocenters. The minimum Gasteiger partial charge on any atom is -0.331 e. The average Bonchev–Trinajstić information content (AvgIpc) is 2.46. The highest BCUT2D eigenvalue weighted by Gasteiger charge is 2.20. The third-order valence-corrected chi connectivity index (χ3v) is 3.36. The van der Waals surface area contributed by atoms with Gasteiger partial charge < -0.3 is 10.2 Å². The number of hydrogen-bond acceptors (Lipinski definition) is 2. The smallest absolute Gasteiger partial charge is 0.254 e. The SMILES string of the molecule is C=CCN(CC=C)C(=O)c1cccc2c1CCNC2. The lowest BCUT2D eigenvalue weighted by Gasteiger charge is -2.24. The number of carbonyl (C=O) groups is 1. The highest BCUT2D eigenvalue weighted by Crippen LogP contribution is 2.20. The normalized spacial score (nSPS) is 13.5. The van der Waals surface area contributed by atoms with E-state index in [-0.39, 0.29) is 5.91 Å². The standard InChI is InChI=1S/C16H20N2O/c1-3-10-18(11-4-2)16(19)15-7-5-6-13-12-17-9-8-14(13)15/h3-7,17H,1-2,8-12H2. The fourth-order valence-electron chi connectivity index (χ4n) is 2.45. The summed E-state index contributed by atoms with van der Waals surface area (Å²) in [6, 6.07) is 5.97. The zero-order valence-electron chi connectivity index (χ0n) is 11.2. The summed E-state index contributed by atoms with van der Waals surface area (Å²) in [5, 5.41) is 3.33. The van der Waals surface area contributed by atoms with Crippen molar-refractivity contribution in [3.63, 3.8) is 0 Å². The van der Waals surface area contributed by atoms with E-state index in [4.69, 9.17) is 0 Å². The minimum atomic E-state index is 0.0681. The first-order valence-electron chi connectivity index (χ1n) is 6.60. The summed E-state index contributed by atoms with van der Waals surface area (Å²) in [7, 11) is 0. The van der Waals surface area contributed by atoms with Crippen LogP contribution in [0.15, 0.2) is 43.5 Å². The van der Waals surface area contributed by atoms with Crippen LogP contribution in [0.2, 0.25) is 0 Å². The molecule has 0 saturated heterocycles. The fourth-order valence-corrected chi connectivity index (χ4v) is 2.45. The van der Waals surface area contributed by atoms with Crippen LogP contribution in [0.1, 0.15) is 21.5 Å². The van der Waals surface area contributed by atoms with Crippen molar-refractivity contribution >= 4 is 5.91 Å². The van der Waals surface area contributed by atoms with E-state index >= 15 is 0 Å². The lowest BCUT2D eigenvalue weighted by molar-refractivity contribution is 0.0789. The van der Waals surface area contributed by atoms with Gasteiger partial charge in [0.2, 0.25) is 0 Å². The van der Waals surface area contributed by atoms with Gasteiger partial charge in [-0.05, 0) is 30.2 Å². The third kappa shape index (κ3) is 2.93. The van der Waals surface area contributed by atoms with Crippen LogP contribution in [0.3, 0.4) is 0 Å². The number of benzene rings is 1. The molecule has 1 amide bonds. The first-order chi connectivity index (χ1) is 9.27. The molecule has 0 aliphatic carbocycles. The molecule has 1 aliphatic rings. The largest absolute Gasteiger partial charge is 0.331 e. The topological polar surface area (TPSA) is 32.3 Å². The molecule has 100 valence electrons. The molecule has 2 rings (SSSR count). The maximum atomic E-state index is 12.6. The van der Waals surface area contributed by atoms with Crippen molar-refractivity contribution in [2.45, 2.75) is 13.0 Å². The summed E-state index contributed by atoms with van der Waals surface area (Å²) in [5.41, 5.74) is 3.24. The number of rotatable bonds is 5. The maximum absolute atomic E-state index is 12.6. The van der Waals surface area contributed by atoms with Gasteiger partial charge in [-0.3, -0.25) is 4.79 Å². The van der Waals surface area contributed by atoms with Gasteiger partial charge in [-0.1, -0.05) is 24.3 Å². The molecule has 0 bridgehead atoms. The molecule has 0 radical (unpaired) electrons. The molecule has 1 N–H and O–H groups in total. The molecule has 1 aromatic rings. The molecule has 3 heteroatoms. The molecule has 0 saturated carbocycles. The zero-order chi connectivity index (χ0) is 13.7. The number of nitrogens with one attached hydrogen (secondary N) is 1. The summed E-state index contributed by atoms with van der Waals surface area (Å²) >= 11 is 0. The quantitative estimate of drug-likeness (QED) is 0.819. The van der Waals surface area contributed by atoms with Crippen molar-refractivity contribution in [3.8, 4) is 0 Å². The summed E-state index contributed by atoms with van der Waals surface area (Å²) in [6.45, 7) is 10.3. The Morgan fingerprint density at radius 3 is 2.74 bits per heavy atom. The molecule has 1 aliphatic heterocycles. The van der Waals surface area contributed by atoms with Gasteiger partial charge in [-0.25, -0.2) is 0 Å². The first kappa shape index (κ1) is 13.6. The highest BCUT2D eigenvalue weighted by atomic mass is 16.2. The Hall–Kier alpha value is -1.87. The summed E-state index contributed by atoms with van der Waals surface area (Å²) in [6.07, 6.45) is 4.41. The lowest BCUT2D eigenvalue weighted by Crippen LogP contribution is -2.33. The van der Waals surface area contributed by atoms with Crippen molar-refractivity contribution in [3.05, 3.63) is 60.2 Å². The van der Waals surface area contributed by atoms with E-state index in [1.807, 2.05) is 12.1 Å². The third-order valence-electron chi connectivity index (χ3n) is 3.36. The molecule has 3 nitrogen and oxygen atoms in total. The number of nitrogens with zero attached hydrogens (tertiary/aromatic N) is 1. The molecule has 19 heavy (non-hydrogen) atoms. The van der Waals surface area contributed by atoms with Crippen LogP contribution < -0.4 is 5.32 Å². The second-order valence-corrected chi connectivity index (χ2v) is 4.66. The van der Waals surface area contributed by atoms with Crippen molar-refractivity contribution < 1.29 is 4.79 Å². The second-order valence-electron chi connectivity index (χ2n) is 4.66. The summed E-state index contributed by atoms with van der Waals surface area (Å²) in [5.74, 6) is 0.0681. The Morgan fingerprint density at radius 1 is 1.32 bits per heavy atom. The highest BCUT2D eigenvalue weighted by molar-refractivity contribution is 5.96. The van der Waals surface area contributed by atoms with Gasteiger partial charge in [0.25, 0.3) is 5.91 Å². The number of fused-ring (bicyclic) bond motifs is 1. The predicted molar refractivity (Wildman–Crippen MR) is 78.2 cm³/mol. The van der Waals surface area contributed by atoms with Crippen LogP contribution in [-0.4, -0.2) is 30.4 Å². The van der Waals surface area contributed by atoms with Gasteiger partial charge in [0.1, 0.15) is 0 Å². The monoisotopic (exact) mass is 256 g/mol. The van der Waals surface area contributed by atoms with Crippen molar-refractivity contribution in [1.29, 1.82) is 0 Å². The number of carbonyl (C=O) groups excluding carboxylic acids is 1. The molecular weight excluding hydrogens is 236 g/mol. The van der Waals surface area contributed by atoms with E-state index in [0.717, 1.165) is 25.1 Å². The summed E-state index contributed by atoms with van der Waals surface area (Å²) in [4.78, 5) is 14.4. The maximum Gasteiger partial charge on any atom is 0.254 e. The van der Waals surface area contributed by atoms with Crippen molar-refractivity contribution in [2.75, 3.05) is 19.6 Å². The van der Waals surface area contributed by atoms with Crippen LogP contribution in [-0.2, 0) is 13.0 Å². The Kier molecular flexibility index (Phi) is 4.53. The van der Waals surface area contributed by atoms with Crippen molar-refractivity contribution in [2.24, 2.45) is 0 Å². The molecule has 1 aromatic carbocycles. The lowest BCUT2D eigenvalue weighted by atomic mass is 9.95. The Balaban J connectivity index is 2.31. The van der Waals surface area contributed by atoms with Crippen molar-refractivity contribution in [1.82, 2.24) is 10.2 Å². The molecular formula is C16H20N2O.